The summed E-state index contributed by atoms with van der Waals surface area (Å²) in [5.41, 5.74) is -0.543. The lowest BCUT2D eigenvalue weighted by molar-refractivity contribution is -0.137. The average molecular weight is 356 g/mol. The van der Waals surface area contributed by atoms with E-state index in [0.717, 1.165) is 19.0 Å². The molecule has 1 atom stereocenters. The lowest BCUT2D eigenvalue weighted by atomic mass is 9.73. The van der Waals surface area contributed by atoms with Crippen LogP contribution in [0.1, 0.15) is 30.4 Å². The van der Waals surface area contributed by atoms with Gasteiger partial charge in [0.25, 0.3) is 0 Å². The molecule has 0 aliphatic carbocycles. The smallest absolute Gasteiger partial charge is 0.381 e. The van der Waals surface area contributed by atoms with Crippen LogP contribution in [0.2, 0.25) is 0 Å². The SMILES string of the molecule is O=C(NCC1(c2cccc(C(F)(F)F)c2)CCOCC1)C1CCNC1. The highest BCUT2D eigenvalue weighted by molar-refractivity contribution is 5.79. The second-order valence-electron chi connectivity index (χ2n) is 6.88. The van der Waals surface area contributed by atoms with E-state index in [1.165, 1.54) is 12.1 Å². The first-order valence-electron chi connectivity index (χ1n) is 8.65. The topological polar surface area (TPSA) is 50.4 Å². The van der Waals surface area contributed by atoms with E-state index >= 15 is 0 Å². The van der Waals surface area contributed by atoms with Crippen LogP contribution >= 0.6 is 0 Å². The Balaban J connectivity index is 1.80. The number of carbonyl (C=O) groups is 1. The predicted octanol–water partition coefficient (Wildman–Crippen LogP) is 2.48. The van der Waals surface area contributed by atoms with Crippen LogP contribution in [-0.4, -0.2) is 38.8 Å². The normalized spacial score (nSPS) is 23.4. The first-order valence-corrected chi connectivity index (χ1v) is 8.65. The number of rotatable bonds is 4. The summed E-state index contributed by atoms with van der Waals surface area (Å²) in [5, 5.41) is 6.13. The van der Waals surface area contributed by atoms with Crippen molar-refractivity contribution in [3.63, 3.8) is 0 Å². The maximum atomic E-state index is 13.1. The minimum atomic E-state index is -4.37. The van der Waals surface area contributed by atoms with Crippen molar-refractivity contribution in [2.45, 2.75) is 30.9 Å². The number of carbonyl (C=O) groups excluding carboxylic acids is 1. The molecule has 2 saturated heterocycles. The third-order valence-electron chi connectivity index (χ3n) is 5.28. The zero-order valence-corrected chi connectivity index (χ0v) is 14.0. The molecule has 1 aromatic rings. The largest absolute Gasteiger partial charge is 0.416 e. The Morgan fingerprint density at radius 1 is 1.32 bits per heavy atom. The first kappa shape index (κ1) is 18.2. The molecule has 25 heavy (non-hydrogen) atoms. The van der Waals surface area contributed by atoms with Crippen LogP contribution < -0.4 is 10.6 Å². The van der Waals surface area contributed by atoms with Crippen LogP contribution in [0, 0.1) is 5.92 Å². The van der Waals surface area contributed by atoms with E-state index in [2.05, 4.69) is 10.6 Å². The molecule has 3 rings (SSSR count). The molecule has 0 spiro atoms. The van der Waals surface area contributed by atoms with Gasteiger partial charge in [-0.25, -0.2) is 0 Å². The van der Waals surface area contributed by atoms with Gasteiger partial charge in [0.05, 0.1) is 11.5 Å². The summed E-state index contributed by atoms with van der Waals surface area (Å²) in [7, 11) is 0. The Hall–Kier alpha value is -1.60. The molecular weight excluding hydrogens is 333 g/mol. The number of hydrogen-bond donors (Lipinski definition) is 2. The van der Waals surface area contributed by atoms with Gasteiger partial charge >= 0.3 is 6.18 Å². The summed E-state index contributed by atoms with van der Waals surface area (Å²) >= 11 is 0. The molecule has 0 radical (unpaired) electrons. The maximum absolute atomic E-state index is 13.1. The number of halogens is 3. The fourth-order valence-corrected chi connectivity index (χ4v) is 3.63. The quantitative estimate of drug-likeness (QED) is 0.872. The summed E-state index contributed by atoms with van der Waals surface area (Å²) in [6.45, 7) is 2.79. The average Bonchev–Trinajstić information content (AvgIpc) is 3.15. The van der Waals surface area contributed by atoms with Gasteiger partial charge < -0.3 is 15.4 Å². The summed E-state index contributed by atoms with van der Waals surface area (Å²) in [6, 6.07) is 5.47. The molecule has 138 valence electrons. The number of ether oxygens (including phenoxy) is 1. The highest BCUT2D eigenvalue weighted by atomic mass is 19.4. The van der Waals surface area contributed by atoms with Gasteiger partial charge in [0.15, 0.2) is 0 Å². The molecule has 2 aliphatic heterocycles. The van der Waals surface area contributed by atoms with E-state index < -0.39 is 17.2 Å². The number of hydrogen-bond acceptors (Lipinski definition) is 3. The fraction of sp³-hybridized carbons (Fsp3) is 0.611. The minimum Gasteiger partial charge on any atom is -0.381 e. The number of amides is 1. The summed E-state index contributed by atoms with van der Waals surface area (Å²) in [4.78, 5) is 12.3. The van der Waals surface area contributed by atoms with Crippen molar-refractivity contribution in [2.75, 3.05) is 32.8 Å². The fourth-order valence-electron chi connectivity index (χ4n) is 3.63. The van der Waals surface area contributed by atoms with Crippen molar-refractivity contribution in [3.05, 3.63) is 35.4 Å². The molecule has 4 nitrogen and oxygen atoms in total. The van der Waals surface area contributed by atoms with Crippen LogP contribution in [0.3, 0.4) is 0 Å². The van der Waals surface area contributed by atoms with Crippen LogP contribution in [0.5, 0.6) is 0 Å². The minimum absolute atomic E-state index is 0.0251. The zero-order chi connectivity index (χ0) is 17.9. The van der Waals surface area contributed by atoms with E-state index in [4.69, 9.17) is 4.74 Å². The summed E-state index contributed by atoms with van der Waals surface area (Å²) < 4.78 is 44.6. The van der Waals surface area contributed by atoms with E-state index in [-0.39, 0.29) is 11.8 Å². The highest BCUT2D eigenvalue weighted by Gasteiger charge is 2.38. The van der Waals surface area contributed by atoms with E-state index in [1.54, 1.807) is 6.07 Å². The van der Waals surface area contributed by atoms with Gasteiger partial charge in [0.2, 0.25) is 5.91 Å². The Bertz CT molecular complexity index is 607. The number of benzene rings is 1. The van der Waals surface area contributed by atoms with Gasteiger partial charge in [0.1, 0.15) is 0 Å². The molecule has 2 heterocycles. The second kappa shape index (κ2) is 7.33. The molecule has 1 aromatic carbocycles. The van der Waals surface area contributed by atoms with Gasteiger partial charge in [-0.3, -0.25) is 4.79 Å². The maximum Gasteiger partial charge on any atom is 0.416 e. The molecule has 7 heteroatoms. The van der Waals surface area contributed by atoms with Crippen molar-refractivity contribution in [1.82, 2.24) is 10.6 Å². The van der Waals surface area contributed by atoms with Crippen LogP contribution in [-0.2, 0) is 21.1 Å². The highest BCUT2D eigenvalue weighted by Crippen LogP contribution is 2.37. The zero-order valence-electron chi connectivity index (χ0n) is 14.0. The van der Waals surface area contributed by atoms with Crippen molar-refractivity contribution in [2.24, 2.45) is 5.92 Å². The van der Waals surface area contributed by atoms with Gasteiger partial charge in [-0.2, -0.15) is 13.2 Å². The van der Waals surface area contributed by atoms with Crippen molar-refractivity contribution in [3.8, 4) is 0 Å². The van der Waals surface area contributed by atoms with Crippen molar-refractivity contribution in [1.29, 1.82) is 0 Å². The number of alkyl halides is 3. The van der Waals surface area contributed by atoms with Crippen LogP contribution in [0.4, 0.5) is 13.2 Å². The van der Waals surface area contributed by atoms with Gasteiger partial charge in [-0.05, 0) is 37.4 Å². The lowest BCUT2D eigenvalue weighted by Gasteiger charge is -2.38. The third-order valence-corrected chi connectivity index (χ3v) is 5.28. The van der Waals surface area contributed by atoms with E-state index in [1.807, 2.05) is 0 Å². The molecular formula is C18H23F3N2O2. The molecule has 1 amide bonds. The van der Waals surface area contributed by atoms with Crippen molar-refractivity contribution < 1.29 is 22.7 Å². The Morgan fingerprint density at radius 2 is 2.08 bits per heavy atom. The molecule has 0 saturated carbocycles. The van der Waals surface area contributed by atoms with Gasteiger partial charge in [-0.15, -0.1) is 0 Å². The van der Waals surface area contributed by atoms with Gasteiger partial charge in [0, 0.05) is 31.7 Å². The monoisotopic (exact) mass is 356 g/mol. The Morgan fingerprint density at radius 3 is 2.72 bits per heavy atom. The molecule has 1 unspecified atom stereocenters. The third kappa shape index (κ3) is 4.15. The summed E-state index contributed by atoms with van der Waals surface area (Å²) in [6.07, 6.45) is -2.39. The van der Waals surface area contributed by atoms with E-state index in [9.17, 15) is 18.0 Å². The standard InChI is InChI=1S/C18H23F3N2O2/c19-18(20,21)15-3-1-2-14(10-15)17(5-8-25-9-6-17)12-23-16(24)13-4-7-22-11-13/h1-3,10,13,22H,4-9,11-12H2,(H,23,24). The number of nitrogens with one attached hydrogen (secondary N) is 2. The Kier molecular flexibility index (Phi) is 5.34. The second-order valence-corrected chi connectivity index (χ2v) is 6.88. The molecule has 0 aromatic heterocycles. The first-order chi connectivity index (χ1) is 11.9. The lowest BCUT2D eigenvalue weighted by Crippen LogP contribution is -2.46. The molecule has 2 aliphatic rings. The van der Waals surface area contributed by atoms with E-state index in [0.29, 0.717) is 44.7 Å². The molecule has 2 N–H and O–H groups in total. The molecule has 2 fully saturated rings. The van der Waals surface area contributed by atoms with Gasteiger partial charge in [-0.1, -0.05) is 18.2 Å². The van der Waals surface area contributed by atoms with Crippen LogP contribution in [0.25, 0.3) is 0 Å². The summed E-state index contributed by atoms with van der Waals surface area (Å²) in [5.74, 6) is -0.0822. The predicted molar refractivity (Wildman–Crippen MR) is 87.2 cm³/mol. The van der Waals surface area contributed by atoms with Crippen molar-refractivity contribution >= 4 is 5.91 Å². The van der Waals surface area contributed by atoms with Crippen LogP contribution in [0.15, 0.2) is 24.3 Å². The molecule has 0 bridgehead atoms. The Labute approximate surface area is 145 Å².